The highest BCUT2D eigenvalue weighted by Crippen LogP contribution is 2.21. The van der Waals surface area contributed by atoms with Gasteiger partial charge in [0.05, 0.1) is 22.6 Å². The molecule has 0 aliphatic carbocycles. The molecule has 0 fully saturated rings. The Bertz CT molecular complexity index is 1390. The average Bonchev–Trinajstić information content (AvgIpc) is 3.20. The molecule has 2 heterocycles. The quantitative estimate of drug-likeness (QED) is 0.199. The van der Waals surface area contributed by atoms with E-state index in [0.717, 1.165) is 28.6 Å². The van der Waals surface area contributed by atoms with Gasteiger partial charge >= 0.3 is 0 Å². The summed E-state index contributed by atoms with van der Waals surface area (Å²) >= 11 is 1.09. The number of nitro groups is 1. The number of aromatic nitrogens is 4. The number of carbonyl (C=O) groups excluding carboxylic acids is 1. The molecule has 2 aromatic heterocycles. The molecule has 1 amide bonds. The number of anilines is 1. The normalized spacial score (nSPS) is 10.9. The number of thioether (sulfide) groups is 1. The van der Waals surface area contributed by atoms with E-state index in [4.69, 9.17) is 0 Å². The highest BCUT2D eigenvalue weighted by molar-refractivity contribution is 7.99. The molecule has 0 saturated heterocycles. The second-order valence-electron chi connectivity index (χ2n) is 7.02. The number of nitro benzene ring substituents is 1. The fourth-order valence-electron chi connectivity index (χ4n) is 3.08. The van der Waals surface area contributed by atoms with Crippen LogP contribution in [-0.2, 0) is 4.79 Å². The molecule has 32 heavy (non-hydrogen) atoms. The molecule has 0 saturated carbocycles. The second kappa shape index (κ2) is 8.63. The predicted molar refractivity (Wildman–Crippen MR) is 121 cm³/mol. The molecule has 10 nitrogen and oxygen atoms in total. The molecule has 0 aliphatic heterocycles. The van der Waals surface area contributed by atoms with Gasteiger partial charge in [0.15, 0.2) is 10.8 Å². The molecular weight excluding hydrogens is 432 g/mol. The summed E-state index contributed by atoms with van der Waals surface area (Å²) in [5, 5.41) is 18.5. The minimum Gasteiger partial charge on any atom is -0.325 e. The molecule has 4 aromatic rings. The first-order valence-electron chi connectivity index (χ1n) is 9.55. The Kier molecular flexibility index (Phi) is 5.73. The molecule has 0 atom stereocenters. The van der Waals surface area contributed by atoms with Crippen LogP contribution in [0.3, 0.4) is 0 Å². The van der Waals surface area contributed by atoms with Gasteiger partial charge in [-0.2, -0.15) is 5.10 Å². The Balaban J connectivity index is 1.55. The summed E-state index contributed by atoms with van der Waals surface area (Å²) in [6.45, 7) is 3.90. The van der Waals surface area contributed by atoms with Gasteiger partial charge in [0.1, 0.15) is 5.39 Å². The van der Waals surface area contributed by atoms with E-state index in [2.05, 4.69) is 20.4 Å². The van der Waals surface area contributed by atoms with E-state index in [0.29, 0.717) is 11.3 Å². The highest BCUT2D eigenvalue weighted by atomic mass is 32.2. The molecule has 0 spiro atoms. The molecule has 0 bridgehead atoms. The minimum absolute atomic E-state index is 0.0491. The van der Waals surface area contributed by atoms with Crippen LogP contribution in [0.1, 0.15) is 11.1 Å². The van der Waals surface area contributed by atoms with Gasteiger partial charge in [-0.15, -0.1) is 0 Å². The van der Waals surface area contributed by atoms with Gasteiger partial charge in [-0.05, 0) is 43.2 Å². The first-order valence-corrected chi connectivity index (χ1v) is 10.5. The van der Waals surface area contributed by atoms with Gasteiger partial charge in [0, 0.05) is 17.8 Å². The molecule has 4 rings (SSSR count). The number of H-pyrrole nitrogens is 1. The summed E-state index contributed by atoms with van der Waals surface area (Å²) in [4.78, 5) is 42.3. The number of nitrogens with zero attached hydrogens (tertiary/aromatic N) is 4. The smallest absolute Gasteiger partial charge is 0.269 e. The second-order valence-corrected chi connectivity index (χ2v) is 7.99. The largest absolute Gasteiger partial charge is 0.325 e. The third-order valence-corrected chi connectivity index (χ3v) is 5.81. The Morgan fingerprint density at radius 3 is 2.69 bits per heavy atom. The number of aryl methyl sites for hydroxylation is 1. The highest BCUT2D eigenvalue weighted by Gasteiger charge is 2.14. The van der Waals surface area contributed by atoms with E-state index < -0.39 is 4.92 Å². The zero-order valence-electron chi connectivity index (χ0n) is 17.2. The minimum atomic E-state index is -0.494. The van der Waals surface area contributed by atoms with Crippen molar-refractivity contribution < 1.29 is 9.72 Å². The molecule has 0 unspecified atom stereocenters. The van der Waals surface area contributed by atoms with Gasteiger partial charge in [0.25, 0.3) is 11.2 Å². The number of non-ortho nitro benzene ring substituents is 1. The number of hydrogen-bond acceptors (Lipinski definition) is 7. The van der Waals surface area contributed by atoms with Crippen molar-refractivity contribution in [1.82, 2.24) is 19.7 Å². The number of fused-ring (bicyclic) bond motifs is 1. The van der Waals surface area contributed by atoms with Gasteiger partial charge in [0.2, 0.25) is 5.91 Å². The number of amides is 1. The Morgan fingerprint density at radius 1 is 1.22 bits per heavy atom. The van der Waals surface area contributed by atoms with Crippen molar-refractivity contribution in [3.8, 4) is 5.69 Å². The average molecular weight is 450 g/mol. The molecular formula is C21H18N6O4S. The van der Waals surface area contributed by atoms with Crippen LogP contribution in [0.15, 0.2) is 58.6 Å². The van der Waals surface area contributed by atoms with Crippen molar-refractivity contribution in [2.45, 2.75) is 19.0 Å². The lowest BCUT2D eigenvalue weighted by atomic mass is 10.1. The van der Waals surface area contributed by atoms with Crippen LogP contribution in [0.2, 0.25) is 0 Å². The van der Waals surface area contributed by atoms with E-state index in [9.17, 15) is 19.7 Å². The third kappa shape index (κ3) is 4.23. The van der Waals surface area contributed by atoms with Crippen molar-refractivity contribution in [3.63, 3.8) is 0 Å². The Labute approximate surface area is 185 Å². The standard InChI is InChI=1S/C21H18N6O4S/c1-12-4-3-5-17(13(12)2)23-18(28)11-32-21-24-19-16(20(29)25-21)10-22-26(19)14-6-8-15(9-7-14)27(30)31/h3-10H,11H2,1-2H3,(H,23,28)(H,24,25,29). The van der Waals surface area contributed by atoms with E-state index in [1.165, 1.54) is 35.1 Å². The topological polar surface area (TPSA) is 136 Å². The number of aromatic amines is 1. The van der Waals surface area contributed by atoms with Crippen LogP contribution in [-0.4, -0.2) is 36.3 Å². The summed E-state index contributed by atoms with van der Waals surface area (Å²) in [5.41, 5.74) is 3.18. The van der Waals surface area contributed by atoms with Crippen LogP contribution in [0.25, 0.3) is 16.7 Å². The zero-order chi connectivity index (χ0) is 22.8. The third-order valence-electron chi connectivity index (χ3n) is 4.94. The fourth-order valence-corrected chi connectivity index (χ4v) is 3.73. The van der Waals surface area contributed by atoms with Crippen molar-refractivity contribution in [2.24, 2.45) is 0 Å². The number of carbonyl (C=O) groups is 1. The molecule has 162 valence electrons. The van der Waals surface area contributed by atoms with E-state index >= 15 is 0 Å². The number of benzene rings is 2. The van der Waals surface area contributed by atoms with Crippen molar-refractivity contribution in [1.29, 1.82) is 0 Å². The summed E-state index contributed by atoms with van der Waals surface area (Å²) in [7, 11) is 0. The van der Waals surface area contributed by atoms with Gasteiger partial charge < -0.3 is 10.3 Å². The number of nitrogens with one attached hydrogen (secondary N) is 2. The van der Waals surface area contributed by atoms with Crippen LogP contribution in [0, 0.1) is 24.0 Å². The fraction of sp³-hybridized carbons (Fsp3) is 0.143. The van der Waals surface area contributed by atoms with Crippen molar-refractivity contribution in [3.05, 3.63) is 80.3 Å². The van der Waals surface area contributed by atoms with Gasteiger partial charge in [-0.1, -0.05) is 23.9 Å². The maximum atomic E-state index is 12.5. The maximum Gasteiger partial charge on any atom is 0.269 e. The number of hydrogen-bond donors (Lipinski definition) is 2. The summed E-state index contributed by atoms with van der Waals surface area (Å²) in [6, 6.07) is 11.4. The van der Waals surface area contributed by atoms with Crippen molar-refractivity contribution in [2.75, 3.05) is 11.1 Å². The summed E-state index contributed by atoms with van der Waals surface area (Å²) in [6.07, 6.45) is 1.38. The monoisotopic (exact) mass is 450 g/mol. The Morgan fingerprint density at radius 2 is 1.97 bits per heavy atom. The van der Waals surface area contributed by atoms with Crippen LogP contribution in [0.4, 0.5) is 11.4 Å². The summed E-state index contributed by atoms with van der Waals surface area (Å²) < 4.78 is 1.43. The van der Waals surface area contributed by atoms with Gasteiger partial charge in [-0.3, -0.25) is 19.7 Å². The Hall–Kier alpha value is -3.99. The molecule has 0 aliphatic rings. The van der Waals surface area contributed by atoms with Crippen molar-refractivity contribution >= 4 is 40.1 Å². The van der Waals surface area contributed by atoms with E-state index in [1.807, 2.05) is 32.0 Å². The maximum absolute atomic E-state index is 12.5. The molecule has 2 N–H and O–H groups in total. The molecule has 11 heteroatoms. The lowest BCUT2D eigenvalue weighted by Gasteiger charge is -2.10. The lowest BCUT2D eigenvalue weighted by molar-refractivity contribution is -0.384. The van der Waals surface area contributed by atoms with Crippen LogP contribution < -0.4 is 10.9 Å². The molecule has 2 aromatic carbocycles. The van der Waals surface area contributed by atoms with Crippen LogP contribution >= 0.6 is 11.8 Å². The van der Waals surface area contributed by atoms with E-state index in [1.54, 1.807) is 0 Å². The first kappa shape index (κ1) is 21.2. The van der Waals surface area contributed by atoms with Crippen LogP contribution in [0.5, 0.6) is 0 Å². The van der Waals surface area contributed by atoms with Gasteiger partial charge in [-0.25, -0.2) is 9.67 Å². The summed E-state index contributed by atoms with van der Waals surface area (Å²) in [5.74, 6) is -0.177. The first-order chi connectivity index (χ1) is 15.3. The van der Waals surface area contributed by atoms with E-state index in [-0.39, 0.29) is 33.4 Å². The predicted octanol–water partition coefficient (Wildman–Crippen LogP) is 3.36. The molecule has 0 radical (unpaired) electrons. The number of rotatable bonds is 6. The zero-order valence-corrected chi connectivity index (χ0v) is 18.0. The SMILES string of the molecule is Cc1cccc(NC(=O)CSc2nc3c(cnn3-c3ccc([N+](=O)[O-])cc3)c(=O)[nH]2)c1C. The lowest BCUT2D eigenvalue weighted by Crippen LogP contribution is -2.16.